The first kappa shape index (κ1) is 20.4. The van der Waals surface area contributed by atoms with Crippen molar-refractivity contribution in [2.75, 3.05) is 13.1 Å². The minimum atomic E-state index is -0.372. The number of phenols is 2. The SMILES string of the molecule is Cc1cc(O)c(O)cc1CCNC(=O)c1ccc2c(c1)C(=O)N(CC(C)C)C2=O. The van der Waals surface area contributed by atoms with Gasteiger partial charge in [0.1, 0.15) is 0 Å². The minimum Gasteiger partial charge on any atom is -0.504 e. The van der Waals surface area contributed by atoms with E-state index in [2.05, 4.69) is 5.32 Å². The molecule has 3 rings (SSSR count). The number of fused-ring (bicyclic) bond motifs is 1. The number of imide groups is 1. The van der Waals surface area contributed by atoms with Crippen molar-refractivity contribution >= 4 is 17.7 Å². The summed E-state index contributed by atoms with van der Waals surface area (Å²) < 4.78 is 0. The normalized spacial score (nSPS) is 13.2. The first-order chi connectivity index (χ1) is 13.7. The fourth-order valence-corrected chi connectivity index (χ4v) is 3.37. The van der Waals surface area contributed by atoms with Crippen molar-refractivity contribution in [1.29, 1.82) is 0 Å². The number of nitrogens with one attached hydrogen (secondary N) is 1. The van der Waals surface area contributed by atoms with Crippen LogP contribution in [-0.4, -0.2) is 45.9 Å². The molecule has 152 valence electrons. The summed E-state index contributed by atoms with van der Waals surface area (Å²) in [7, 11) is 0. The van der Waals surface area contributed by atoms with E-state index in [0.29, 0.717) is 30.6 Å². The van der Waals surface area contributed by atoms with Crippen molar-refractivity contribution in [3.63, 3.8) is 0 Å². The van der Waals surface area contributed by atoms with Crippen molar-refractivity contribution in [3.05, 3.63) is 58.1 Å². The number of carbonyl (C=O) groups excluding carboxylic acids is 3. The molecule has 7 nitrogen and oxygen atoms in total. The molecule has 7 heteroatoms. The summed E-state index contributed by atoms with van der Waals surface area (Å²) in [5, 5.41) is 21.9. The third kappa shape index (κ3) is 4.08. The number of amides is 3. The highest BCUT2D eigenvalue weighted by Crippen LogP contribution is 2.28. The smallest absolute Gasteiger partial charge is 0.261 e. The fraction of sp³-hybridized carbons (Fsp3) is 0.318. The first-order valence-electron chi connectivity index (χ1n) is 9.49. The molecule has 2 aromatic carbocycles. The Kier molecular flexibility index (Phi) is 5.59. The maximum absolute atomic E-state index is 12.5. The van der Waals surface area contributed by atoms with Crippen LogP contribution < -0.4 is 5.32 Å². The maximum atomic E-state index is 12.5. The molecular formula is C22H24N2O5. The lowest BCUT2D eigenvalue weighted by Crippen LogP contribution is -2.33. The standard InChI is InChI=1S/C22H24N2O5/c1-12(2)11-24-21(28)16-5-4-15(9-17(16)22(24)29)20(27)23-7-6-14-10-19(26)18(25)8-13(14)3/h4-5,8-10,12,25-26H,6-7,11H2,1-3H3,(H,23,27). The second-order valence-electron chi connectivity index (χ2n) is 7.65. The van der Waals surface area contributed by atoms with Crippen LogP contribution in [0.15, 0.2) is 30.3 Å². The van der Waals surface area contributed by atoms with Gasteiger partial charge in [0.15, 0.2) is 11.5 Å². The van der Waals surface area contributed by atoms with Crippen LogP contribution in [-0.2, 0) is 6.42 Å². The number of carbonyl (C=O) groups is 3. The lowest BCUT2D eigenvalue weighted by atomic mass is 10.0. The van der Waals surface area contributed by atoms with E-state index in [1.54, 1.807) is 0 Å². The van der Waals surface area contributed by atoms with Crippen LogP contribution in [0.3, 0.4) is 0 Å². The van der Waals surface area contributed by atoms with Gasteiger partial charge in [0.05, 0.1) is 11.1 Å². The van der Waals surface area contributed by atoms with Crippen molar-refractivity contribution < 1.29 is 24.6 Å². The number of benzene rings is 2. The Morgan fingerprint density at radius 1 is 1.03 bits per heavy atom. The summed E-state index contributed by atoms with van der Waals surface area (Å²) in [4.78, 5) is 38.6. The van der Waals surface area contributed by atoms with Crippen LogP contribution in [0.25, 0.3) is 0 Å². The van der Waals surface area contributed by atoms with E-state index in [0.717, 1.165) is 11.1 Å². The quantitative estimate of drug-likeness (QED) is 0.514. The van der Waals surface area contributed by atoms with Crippen molar-refractivity contribution in [2.24, 2.45) is 5.92 Å². The number of nitrogens with zero attached hydrogens (tertiary/aromatic N) is 1. The van der Waals surface area contributed by atoms with Crippen molar-refractivity contribution in [1.82, 2.24) is 10.2 Å². The number of phenolic OH excluding ortho intramolecular Hbond substituents is 2. The average Bonchev–Trinajstić information content (AvgIpc) is 2.89. The molecule has 3 N–H and O–H groups in total. The summed E-state index contributed by atoms with van der Waals surface area (Å²) in [5.74, 6) is -1.28. The molecular weight excluding hydrogens is 372 g/mol. The van der Waals surface area contributed by atoms with E-state index >= 15 is 0 Å². The van der Waals surface area contributed by atoms with Gasteiger partial charge in [0, 0.05) is 18.7 Å². The third-order valence-electron chi connectivity index (χ3n) is 4.89. The van der Waals surface area contributed by atoms with Gasteiger partial charge in [0.25, 0.3) is 17.7 Å². The molecule has 2 aromatic rings. The van der Waals surface area contributed by atoms with Gasteiger partial charge in [0.2, 0.25) is 0 Å². The second-order valence-corrected chi connectivity index (χ2v) is 7.65. The van der Waals surface area contributed by atoms with Crippen molar-refractivity contribution in [3.8, 4) is 11.5 Å². The number of rotatable bonds is 6. The minimum absolute atomic E-state index is 0.155. The summed E-state index contributed by atoms with van der Waals surface area (Å²) in [6.45, 7) is 6.32. The maximum Gasteiger partial charge on any atom is 0.261 e. The average molecular weight is 396 g/mol. The zero-order chi connectivity index (χ0) is 21.3. The van der Waals surface area contributed by atoms with Gasteiger partial charge in [-0.05, 0) is 60.7 Å². The van der Waals surface area contributed by atoms with Gasteiger partial charge in [-0.3, -0.25) is 19.3 Å². The first-order valence-corrected chi connectivity index (χ1v) is 9.49. The summed E-state index contributed by atoms with van der Waals surface area (Å²) in [6, 6.07) is 7.46. The molecule has 1 aliphatic heterocycles. The molecule has 0 radical (unpaired) electrons. The van der Waals surface area contributed by atoms with E-state index in [-0.39, 0.29) is 40.7 Å². The topological polar surface area (TPSA) is 107 Å². The molecule has 3 amide bonds. The van der Waals surface area contributed by atoms with Gasteiger partial charge in [-0.25, -0.2) is 0 Å². The lowest BCUT2D eigenvalue weighted by molar-refractivity contribution is 0.0636. The van der Waals surface area contributed by atoms with E-state index in [4.69, 9.17) is 0 Å². The molecule has 0 saturated heterocycles. The highest BCUT2D eigenvalue weighted by Gasteiger charge is 2.36. The molecule has 0 aliphatic carbocycles. The Balaban J connectivity index is 1.68. The highest BCUT2D eigenvalue weighted by molar-refractivity contribution is 6.22. The van der Waals surface area contributed by atoms with Crippen molar-refractivity contribution in [2.45, 2.75) is 27.2 Å². The molecule has 1 aliphatic rings. The van der Waals surface area contributed by atoms with E-state index in [1.807, 2.05) is 20.8 Å². The number of aromatic hydroxyl groups is 2. The van der Waals surface area contributed by atoms with E-state index < -0.39 is 0 Å². The molecule has 0 unspecified atom stereocenters. The molecule has 0 bridgehead atoms. The Morgan fingerprint density at radius 3 is 2.38 bits per heavy atom. The van der Waals surface area contributed by atoms with Crippen LogP contribution in [0, 0.1) is 12.8 Å². The zero-order valence-electron chi connectivity index (χ0n) is 16.7. The van der Waals surface area contributed by atoms with Crippen LogP contribution >= 0.6 is 0 Å². The molecule has 0 spiro atoms. The lowest BCUT2D eigenvalue weighted by Gasteiger charge is -2.15. The molecule has 29 heavy (non-hydrogen) atoms. The molecule has 0 aromatic heterocycles. The predicted molar refractivity (Wildman–Crippen MR) is 107 cm³/mol. The molecule has 0 fully saturated rings. The number of hydrogen-bond acceptors (Lipinski definition) is 5. The fourth-order valence-electron chi connectivity index (χ4n) is 3.37. The highest BCUT2D eigenvalue weighted by atomic mass is 16.3. The molecule has 1 heterocycles. The van der Waals surface area contributed by atoms with E-state index in [9.17, 15) is 24.6 Å². The van der Waals surface area contributed by atoms with Gasteiger partial charge in [-0.1, -0.05) is 13.8 Å². The van der Waals surface area contributed by atoms with Crippen LogP contribution in [0.1, 0.15) is 56.0 Å². The Morgan fingerprint density at radius 2 is 1.69 bits per heavy atom. The van der Waals surface area contributed by atoms with Gasteiger partial charge in [-0.15, -0.1) is 0 Å². The number of hydrogen-bond donors (Lipinski definition) is 3. The van der Waals surface area contributed by atoms with Crippen LogP contribution in [0.5, 0.6) is 11.5 Å². The predicted octanol–water partition coefficient (Wildman–Crippen LogP) is 2.63. The van der Waals surface area contributed by atoms with Crippen LogP contribution in [0.4, 0.5) is 0 Å². The Bertz CT molecular complexity index is 997. The van der Waals surface area contributed by atoms with Gasteiger partial charge in [-0.2, -0.15) is 0 Å². The second kappa shape index (κ2) is 7.95. The Hall–Kier alpha value is -3.35. The largest absolute Gasteiger partial charge is 0.504 e. The molecule has 0 atom stereocenters. The van der Waals surface area contributed by atoms with Crippen LogP contribution in [0.2, 0.25) is 0 Å². The van der Waals surface area contributed by atoms with Gasteiger partial charge >= 0.3 is 0 Å². The monoisotopic (exact) mass is 396 g/mol. The number of aryl methyl sites for hydroxylation is 1. The Labute approximate surface area is 169 Å². The summed E-state index contributed by atoms with van der Waals surface area (Å²) in [6.07, 6.45) is 0.468. The van der Waals surface area contributed by atoms with Gasteiger partial charge < -0.3 is 15.5 Å². The summed E-state index contributed by atoms with van der Waals surface area (Å²) in [5.41, 5.74) is 2.49. The molecule has 0 saturated carbocycles. The zero-order valence-corrected chi connectivity index (χ0v) is 16.7. The van der Waals surface area contributed by atoms with E-state index in [1.165, 1.54) is 35.2 Å². The summed E-state index contributed by atoms with van der Waals surface area (Å²) >= 11 is 0. The third-order valence-corrected chi connectivity index (χ3v) is 4.89.